The monoisotopic (exact) mass is 305 g/mol. The largest absolute Gasteiger partial charge is 0.479 e. The molecule has 0 bridgehead atoms. The first-order chi connectivity index (χ1) is 8.80. The van der Waals surface area contributed by atoms with Crippen LogP contribution in [0.4, 0.5) is 0 Å². The standard InChI is InChI=1S/C12H13Cl2NO4/c1-12(6-19-2,11(17)18)15-10(16)8-4-3-7(13)5-9(8)14/h3-5H,6H2,1-2H3,(H,15,16)(H,17,18). The van der Waals surface area contributed by atoms with E-state index in [0.29, 0.717) is 5.02 Å². The maximum absolute atomic E-state index is 12.0. The maximum Gasteiger partial charge on any atom is 0.331 e. The zero-order valence-electron chi connectivity index (χ0n) is 10.4. The predicted octanol–water partition coefficient (Wildman–Crippen LogP) is 2.21. The van der Waals surface area contributed by atoms with Crippen molar-refractivity contribution in [3.8, 4) is 0 Å². The van der Waals surface area contributed by atoms with Gasteiger partial charge in [-0.1, -0.05) is 23.2 Å². The van der Waals surface area contributed by atoms with Gasteiger partial charge in [0.25, 0.3) is 5.91 Å². The fraction of sp³-hybridized carbons (Fsp3) is 0.333. The van der Waals surface area contributed by atoms with Gasteiger partial charge in [0.05, 0.1) is 17.2 Å². The molecule has 0 saturated carbocycles. The predicted molar refractivity (Wildman–Crippen MR) is 71.8 cm³/mol. The van der Waals surface area contributed by atoms with Gasteiger partial charge in [-0.3, -0.25) is 4.79 Å². The van der Waals surface area contributed by atoms with Crippen molar-refractivity contribution >= 4 is 35.1 Å². The number of hydrogen-bond acceptors (Lipinski definition) is 3. The van der Waals surface area contributed by atoms with E-state index >= 15 is 0 Å². The number of carbonyl (C=O) groups excluding carboxylic acids is 1. The third kappa shape index (κ3) is 3.83. The Kier molecular flexibility index (Phi) is 5.17. The van der Waals surface area contributed by atoms with Crippen molar-refractivity contribution in [2.75, 3.05) is 13.7 Å². The number of hydrogen-bond donors (Lipinski definition) is 2. The third-order valence-corrected chi connectivity index (χ3v) is 3.02. The molecular weight excluding hydrogens is 293 g/mol. The molecule has 0 aliphatic rings. The lowest BCUT2D eigenvalue weighted by molar-refractivity contribution is -0.145. The number of carboxylic acids is 1. The Morgan fingerprint density at radius 2 is 2.05 bits per heavy atom. The molecule has 2 N–H and O–H groups in total. The second-order valence-corrected chi connectivity index (χ2v) is 4.99. The van der Waals surface area contributed by atoms with Crippen LogP contribution in [0.25, 0.3) is 0 Å². The van der Waals surface area contributed by atoms with Gasteiger partial charge >= 0.3 is 5.97 Å². The molecule has 5 nitrogen and oxygen atoms in total. The topological polar surface area (TPSA) is 75.6 Å². The molecule has 104 valence electrons. The third-order valence-electron chi connectivity index (χ3n) is 2.47. The number of benzene rings is 1. The molecule has 1 atom stereocenters. The van der Waals surface area contributed by atoms with Gasteiger partial charge in [0.2, 0.25) is 0 Å². The first-order valence-corrected chi connectivity index (χ1v) is 6.05. The molecule has 0 aromatic heterocycles. The first-order valence-electron chi connectivity index (χ1n) is 5.30. The Morgan fingerprint density at radius 3 is 2.53 bits per heavy atom. The van der Waals surface area contributed by atoms with Gasteiger partial charge < -0.3 is 15.2 Å². The zero-order chi connectivity index (χ0) is 14.6. The smallest absolute Gasteiger partial charge is 0.331 e. The molecule has 0 aliphatic carbocycles. The highest BCUT2D eigenvalue weighted by atomic mass is 35.5. The summed E-state index contributed by atoms with van der Waals surface area (Å²) in [6.45, 7) is 1.18. The number of nitrogens with one attached hydrogen (secondary N) is 1. The fourth-order valence-corrected chi connectivity index (χ4v) is 1.93. The van der Waals surface area contributed by atoms with Gasteiger partial charge in [-0.15, -0.1) is 0 Å². The minimum atomic E-state index is -1.53. The van der Waals surface area contributed by atoms with Crippen LogP contribution in [-0.2, 0) is 9.53 Å². The van der Waals surface area contributed by atoms with E-state index in [1.165, 1.54) is 32.2 Å². The van der Waals surface area contributed by atoms with E-state index in [4.69, 9.17) is 33.0 Å². The lowest BCUT2D eigenvalue weighted by Gasteiger charge is -2.25. The molecule has 0 spiro atoms. The minimum Gasteiger partial charge on any atom is -0.479 e. The van der Waals surface area contributed by atoms with Crippen molar-refractivity contribution < 1.29 is 19.4 Å². The molecule has 1 aromatic rings. The van der Waals surface area contributed by atoms with Gasteiger partial charge in [0.15, 0.2) is 5.54 Å². The molecule has 7 heteroatoms. The van der Waals surface area contributed by atoms with Gasteiger partial charge in [-0.25, -0.2) is 4.79 Å². The molecule has 0 saturated heterocycles. The van der Waals surface area contributed by atoms with Crippen LogP contribution in [0.5, 0.6) is 0 Å². The number of ether oxygens (including phenoxy) is 1. The summed E-state index contributed by atoms with van der Waals surface area (Å²) >= 11 is 11.6. The molecule has 1 unspecified atom stereocenters. The molecular formula is C12H13Cl2NO4. The number of halogens is 2. The Bertz CT molecular complexity index is 507. The summed E-state index contributed by atoms with van der Waals surface area (Å²) in [6, 6.07) is 4.33. The highest BCUT2D eigenvalue weighted by Crippen LogP contribution is 2.21. The molecule has 19 heavy (non-hydrogen) atoms. The van der Waals surface area contributed by atoms with Gasteiger partial charge in [-0.2, -0.15) is 0 Å². The van der Waals surface area contributed by atoms with E-state index < -0.39 is 17.4 Å². The summed E-state index contributed by atoms with van der Waals surface area (Å²) < 4.78 is 4.80. The van der Waals surface area contributed by atoms with E-state index in [2.05, 4.69) is 5.32 Å². The molecule has 0 aliphatic heterocycles. The fourth-order valence-electron chi connectivity index (χ4n) is 1.43. The lowest BCUT2D eigenvalue weighted by Crippen LogP contribution is -2.55. The molecule has 0 heterocycles. The first kappa shape index (κ1) is 15.8. The summed E-state index contributed by atoms with van der Waals surface area (Å²) in [5.74, 6) is -1.81. The summed E-state index contributed by atoms with van der Waals surface area (Å²) in [4.78, 5) is 23.2. The van der Waals surface area contributed by atoms with Crippen LogP contribution < -0.4 is 5.32 Å². The van der Waals surface area contributed by atoms with Crippen molar-refractivity contribution in [2.45, 2.75) is 12.5 Å². The summed E-state index contributed by atoms with van der Waals surface area (Å²) in [7, 11) is 1.35. The lowest BCUT2D eigenvalue weighted by atomic mass is 10.0. The van der Waals surface area contributed by atoms with Crippen LogP contribution in [0.15, 0.2) is 18.2 Å². The number of carbonyl (C=O) groups is 2. The van der Waals surface area contributed by atoms with Gasteiger partial charge in [0.1, 0.15) is 0 Å². The quantitative estimate of drug-likeness (QED) is 0.874. The van der Waals surface area contributed by atoms with Crippen molar-refractivity contribution in [1.29, 1.82) is 0 Å². The van der Waals surface area contributed by atoms with Gasteiger partial charge in [0, 0.05) is 12.1 Å². The average Bonchev–Trinajstić information content (AvgIpc) is 2.28. The van der Waals surface area contributed by atoms with Crippen molar-refractivity contribution in [1.82, 2.24) is 5.32 Å². The second kappa shape index (κ2) is 6.23. The van der Waals surface area contributed by atoms with Gasteiger partial charge in [-0.05, 0) is 25.1 Å². The zero-order valence-corrected chi connectivity index (χ0v) is 11.9. The molecule has 1 rings (SSSR count). The van der Waals surface area contributed by atoms with Crippen LogP contribution in [0.2, 0.25) is 10.0 Å². The second-order valence-electron chi connectivity index (χ2n) is 4.15. The van der Waals surface area contributed by atoms with E-state index in [9.17, 15) is 9.59 Å². The van der Waals surface area contributed by atoms with Crippen molar-refractivity contribution in [3.05, 3.63) is 33.8 Å². The van der Waals surface area contributed by atoms with Crippen LogP contribution in [0, 0.1) is 0 Å². The highest BCUT2D eigenvalue weighted by molar-refractivity contribution is 6.36. The van der Waals surface area contributed by atoms with E-state index in [-0.39, 0.29) is 17.2 Å². The SMILES string of the molecule is COCC(C)(NC(=O)c1ccc(Cl)cc1Cl)C(=O)O. The Morgan fingerprint density at radius 1 is 1.42 bits per heavy atom. The van der Waals surface area contributed by atoms with Crippen LogP contribution in [0.1, 0.15) is 17.3 Å². The summed E-state index contributed by atoms with van der Waals surface area (Å²) in [6.07, 6.45) is 0. The number of rotatable bonds is 5. The van der Waals surface area contributed by atoms with Crippen LogP contribution >= 0.6 is 23.2 Å². The number of aliphatic carboxylic acids is 1. The van der Waals surface area contributed by atoms with E-state index in [0.717, 1.165) is 0 Å². The minimum absolute atomic E-state index is 0.148. The Labute approximate surface area is 120 Å². The number of methoxy groups -OCH3 is 1. The Balaban J connectivity index is 2.97. The van der Waals surface area contributed by atoms with Crippen molar-refractivity contribution in [2.24, 2.45) is 0 Å². The molecule has 1 aromatic carbocycles. The van der Waals surface area contributed by atoms with Crippen molar-refractivity contribution in [3.63, 3.8) is 0 Å². The molecule has 1 amide bonds. The summed E-state index contributed by atoms with van der Waals surface area (Å²) in [5, 5.41) is 12.0. The molecule has 0 fully saturated rings. The van der Waals surface area contributed by atoms with Crippen LogP contribution in [0.3, 0.4) is 0 Å². The normalized spacial score (nSPS) is 13.7. The number of amides is 1. The van der Waals surface area contributed by atoms with E-state index in [1.54, 1.807) is 0 Å². The highest BCUT2D eigenvalue weighted by Gasteiger charge is 2.35. The Hall–Kier alpha value is -1.30. The molecule has 0 radical (unpaired) electrons. The van der Waals surface area contributed by atoms with Crippen LogP contribution in [-0.4, -0.2) is 36.2 Å². The maximum atomic E-state index is 12.0. The van der Waals surface area contributed by atoms with E-state index in [1.807, 2.05) is 0 Å². The number of carboxylic acid groups (broad SMARTS) is 1. The summed E-state index contributed by atoms with van der Waals surface area (Å²) in [5.41, 5.74) is -1.39. The average molecular weight is 306 g/mol.